The minimum absolute atomic E-state index is 0. The minimum Gasteiger partial charge on any atom is -0.501 e. The van der Waals surface area contributed by atoms with Crippen LogP contribution in [0, 0.1) is 31.3 Å². The Kier molecular flexibility index (Phi) is 8.08. The molecule has 1 radical (unpaired) electrons. The number of benzene rings is 4. The van der Waals surface area contributed by atoms with E-state index in [0.717, 1.165) is 10.8 Å². The summed E-state index contributed by atoms with van der Waals surface area (Å²) in [6, 6.07) is 32.5. The van der Waals surface area contributed by atoms with E-state index in [0.29, 0.717) is 34.1 Å². The van der Waals surface area contributed by atoms with Crippen LogP contribution < -0.4 is 9.92 Å². The van der Waals surface area contributed by atoms with E-state index in [9.17, 15) is 0 Å². The van der Waals surface area contributed by atoms with Gasteiger partial charge in [-0.2, -0.15) is 18.2 Å². The maximum atomic E-state index is 8.89. The van der Waals surface area contributed by atoms with Crippen molar-refractivity contribution in [2.45, 2.75) is 60.5 Å². The fourth-order valence-electron chi connectivity index (χ4n) is 5.34. The van der Waals surface area contributed by atoms with Crippen LogP contribution in [0.1, 0.15) is 49.8 Å². The van der Waals surface area contributed by atoms with E-state index < -0.39 is 33.6 Å². The fraction of sp³-hybridized carbons (Fsp3) is 0.227. The van der Waals surface area contributed by atoms with Crippen molar-refractivity contribution in [1.82, 2.24) is 9.97 Å². The quantitative estimate of drug-likeness (QED) is 0.123. The van der Waals surface area contributed by atoms with Crippen molar-refractivity contribution >= 4 is 35.2 Å². The molecular weight excluding hydrogens is 809 g/mol. The first-order valence-corrected chi connectivity index (χ1v) is 19.6. The van der Waals surface area contributed by atoms with Gasteiger partial charge in [-0.3, -0.25) is 0 Å². The van der Waals surface area contributed by atoms with Crippen molar-refractivity contribution in [3.8, 4) is 34.0 Å². The van der Waals surface area contributed by atoms with Crippen molar-refractivity contribution in [2.75, 3.05) is 0 Å². The molecule has 0 spiro atoms. The van der Waals surface area contributed by atoms with Gasteiger partial charge in [-0.1, -0.05) is 99.9 Å². The van der Waals surface area contributed by atoms with Gasteiger partial charge in [0.05, 0.1) is 15.0 Å². The third kappa shape index (κ3) is 8.68. The molecule has 0 saturated carbocycles. The molecule has 3 aromatic heterocycles. The summed E-state index contributed by atoms with van der Waals surface area (Å²) in [6.45, 7) is 6.53. The largest absolute Gasteiger partial charge is 0.501 e. The van der Waals surface area contributed by atoms with Crippen LogP contribution in [-0.2, 0) is 26.5 Å². The number of aryl methyl sites for hydroxylation is 2. The van der Waals surface area contributed by atoms with E-state index in [1.54, 1.807) is 26.8 Å². The summed E-state index contributed by atoms with van der Waals surface area (Å²) in [5.74, 6) is 1.32. The normalized spacial score (nSPS) is 15.0. The Morgan fingerprint density at radius 1 is 0.840 bits per heavy atom. The number of rotatable bonds is 6. The van der Waals surface area contributed by atoms with Gasteiger partial charge in [0.2, 0.25) is 5.88 Å². The van der Waals surface area contributed by atoms with Crippen LogP contribution in [0.2, 0.25) is 19.6 Å². The second-order valence-electron chi connectivity index (χ2n) is 13.8. The Bertz CT molecular complexity index is 2580. The van der Waals surface area contributed by atoms with Crippen molar-refractivity contribution < 1.29 is 41.6 Å². The molecule has 4 aromatic carbocycles. The summed E-state index contributed by atoms with van der Waals surface area (Å²) in [5.41, 5.74) is 0.416. The zero-order valence-corrected chi connectivity index (χ0v) is 32.3. The predicted molar refractivity (Wildman–Crippen MR) is 206 cm³/mol. The van der Waals surface area contributed by atoms with Gasteiger partial charge in [-0.05, 0) is 70.3 Å². The number of nitrogens with zero attached hydrogens (tertiary/aromatic N) is 2. The average Bonchev–Trinajstić information content (AvgIpc) is 3.53. The molecule has 0 amide bonds. The fourth-order valence-corrected chi connectivity index (χ4v) is 6.38. The number of furan rings is 1. The molecule has 50 heavy (non-hydrogen) atoms. The first-order valence-electron chi connectivity index (χ1n) is 20.6. The number of para-hydroxylation sites is 2. The summed E-state index contributed by atoms with van der Waals surface area (Å²) in [4.78, 5) is 8.75. The summed E-state index contributed by atoms with van der Waals surface area (Å²) < 4.78 is 87.3. The number of hydrogen-bond donors (Lipinski definition) is 0. The van der Waals surface area contributed by atoms with Crippen LogP contribution in [0.4, 0.5) is 0 Å². The van der Waals surface area contributed by atoms with Crippen LogP contribution in [0.5, 0.6) is 11.6 Å². The van der Waals surface area contributed by atoms with Crippen molar-refractivity contribution in [1.29, 1.82) is 0 Å². The Morgan fingerprint density at radius 2 is 1.64 bits per heavy atom. The Balaban J connectivity index is 0.000000307. The second-order valence-corrected chi connectivity index (χ2v) is 18.9. The number of aromatic nitrogens is 2. The smallest absolute Gasteiger partial charge is 0.216 e. The summed E-state index contributed by atoms with van der Waals surface area (Å²) in [5, 5.41) is 3.04. The zero-order chi connectivity index (χ0) is 42.4. The molecule has 7 rings (SSSR count). The molecule has 0 bridgehead atoms. The molecule has 7 aromatic rings. The van der Waals surface area contributed by atoms with E-state index >= 15 is 0 Å². The van der Waals surface area contributed by atoms with E-state index in [1.807, 2.05) is 66.9 Å². The molecule has 0 fully saturated rings. The summed E-state index contributed by atoms with van der Waals surface area (Å²) in [7, 11) is -1.27. The molecule has 257 valence electrons. The molecule has 0 N–H and O–H groups in total. The molecule has 0 aliphatic rings. The molecule has 0 unspecified atom stereocenters. The summed E-state index contributed by atoms with van der Waals surface area (Å²) >= 11 is 0. The first-order chi connectivity index (χ1) is 27.0. The molecule has 0 aliphatic heterocycles. The molecule has 4 nitrogen and oxygen atoms in total. The van der Waals surface area contributed by atoms with Gasteiger partial charge in [0.15, 0.2) is 0 Å². The van der Waals surface area contributed by atoms with Crippen molar-refractivity contribution in [3.05, 3.63) is 138 Å². The topological polar surface area (TPSA) is 48.2 Å². The number of fused-ring (bicyclic) bond motifs is 3. The van der Waals surface area contributed by atoms with E-state index in [-0.39, 0.29) is 54.0 Å². The predicted octanol–water partition coefficient (Wildman–Crippen LogP) is 11.5. The SMILES string of the molecule is C[Si](C)(C)c1ccc(Oc2[c-]cccc2)nc1.[2H]c1cc(C([2H])([2H])C(C)(C)C)cc(C([2H])([2H])[2H])c1-c1cc(-c2[c-]ccc3c2oc2ccccc23)ncc1C([2H])([2H])[2H].[Ir]. The monoisotopic (exact) mass is 862 g/mol. The van der Waals surface area contributed by atoms with Crippen LogP contribution >= 0.6 is 0 Å². The summed E-state index contributed by atoms with van der Waals surface area (Å²) in [6.07, 6.45) is 1.13. The number of hydrogen-bond acceptors (Lipinski definition) is 4. The maximum absolute atomic E-state index is 8.89. The van der Waals surface area contributed by atoms with Gasteiger partial charge in [-0.15, -0.1) is 30.3 Å². The van der Waals surface area contributed by atoms with Gasteiger partial charge in [0, 0.05) is 60.7 Å². The van der Waals surface area contributed by atoms with Crippen LogP contribution in [0.15, 0.2) is 114 Å². The third-order valence-corrected chi connectivity index (χ3v) is 9.75. The van der Waals surface area contributed by atoms with Crippen LogP contribution in [-0.4, -0.2) is 18.0 Å². The van der Waals surface area contributed by atoms with E-state index in [2.05, 4.69) is 47.8 Å². The van der Waals surface area contributed by atoms with Gasteiger partial charge in [0.25, 0.3) is 0 Å². The molecule has 6 heteroatoms. The molecule has 0 atom stereocenters. The zero-order valence-electron chi connectivity index (χ0n) is 37.9. The molecule has 3 heterocycles. The van der Waals surface area contributed by atoms with Crippen molar-refractivity contribution in [3.63, 3.8) is 0 Å². The number of ether oxygens (including phenoxy) is 1. The van der Waals surface area contributed by atoms with Gasteiger partial charge in [-0.25, -0.2) is 4.98 Å². The molecular formula is C44H44IrN2O2Si-2. The maximum Gasteiger partial charge on any atom is 0.216 e. The first kappa shape index (κ1) is 26.5. The van der Waals surface area contributed by atoms with Crippen LogP contribution in [0.3, 0.4) is 0 Å². The minimum atomic E-state index is -2.77. The Labute approximate surface area is 324 Å². The second kappa shape index (κ2) is 15.3. The molecule has 0 saturated heterocycles. The Morgan fingerprint density at radius 3 is 2.34 bits per heavy atom. The number of pyridine rings is 2. The Hall–Kier alpha value is -4.35. The van der Waals surface area contributed by atoms with Gasteiger partial charge >= 0.3 is 0 Å². The van der Waals surface area contributed by atoms with Gasteiger partial charge < -0.3 is 14.1 Å². The average molecular weight is 862 g/mol. The van der Waals surface area contributed by atoms with Crippen molar-refractivity contribution in [2.24, 2.45) is 5.41 Å². The van der Waals surface area contributed by atoms with E-state index in [1.165, 1.54) is 29.6 Å². The third-order valence-electron chi connectivity index (χ3n) is 7.73. The van der Waals surface area contributed by atoms with E-state index in [4.69, 9.17) is 21.5 Å². The van der Waals surface area contributed by atoms with Gasteiger partial charge in [0.1, 0.15) is 5.58 Å². The van der Waals surface area contributed by atoms with Crippen LogP contribution in [0.25, 0.3) is 44.3 Å². The molecule has 0 aliphatic carbocycles. The standard InChI is InChI=1S/C30H28NO.C14H16NOSi.Ir/c1-19-15-21(17-30(3,4)5)13-14-22(19)26-16-27(31-18-20(26)2)25-11-8-10-24-23-9-6-7-12-28(23)32-29(24)25;1-17(2,3)13-9-10-14(15-11-13)16-12-7-5-4-6-8-12;/h6-10,12-16,18H,17H2,1-5H3;4-7,9-11H,1-3H3;/q2*-1;/i1D3,2D3,14D,17D2;;.